The zero-order chi connectivity index (χ0) is 12.1. The van der Waals surface area contributed by atoms with E-state index in [0.29, 0.717) is 16.5 Å². The molecular formula is C13H15ClN2O. The Bertz CT molecular complexity index is 422. The first-order valence-corrected chi connectivity index (χ1v) is 6.18. The highest BCUT2D eigenvalue weighted by atomic mass is 35.5. The normalized spacial score (nSPS) is 16.5. The van der Waals surface area contributed by atoms with Gasteiger partial charge in [0.1, 0.15) is 6.07 Å². The van der Waals surface area contributed by atoms with Crippen LogP contribution in [0.25, 0.3) is 0 Å². The van der Waals surface area contributed by atoms with Crippen LogP contribution < -0.4 is 5.32 Å². The third-order valence-electron chi connectivity index (χ3n) is 3.02. The van der Waals surface area contributed by atoms with Crippen LogP contribution >= 0.6 is 11.6 Å². The fourth-order valence-electron chi connectivity index (χ4n) is 1.93. The molecule has 1 fully saturated rings. The smallest absolute Gasteiger partial charge is 0.101 e. The number of ether oxygens (including phenoxy) is 1. The first-order valence-electron chi connectivity index (χ1n) is 5.81. The van der Waals surface area contributed by atoms with Crippen molar-refractivity contribution in [3.63, 3.8) is 0 Å². The Morgan fingerprint density at radius 2 is 2.18 bits per heavy atom. The summed E-state index contributed by atoms with van der Waals surface area (Å²) >= 11 is 5.88. The maximum Gasteiger partial charge on any atom is 0.101 e. The van der Waals surface area contributed by atoms with Crippen LogP contribution in [0.4, 0.5) is 5.69 Å². The zero-order valence-electron chi connectivity index (χ0n) is 9.58. The van der Waals surface area contributed by atoms with Crippen LogP contribution in [0.2, 0.25) is 5.02 Å². The molecule has 1 aromatic carbocycles. The van der Waals surface area contributed by atoms with E-state index in [0.717, 1.165) is 38.3 Å². The number of nitriles is 1. The third-order valence-corrected chi connectivity index (χ3v) is 3.35. The van der Waals surface area contributed by atoms with Gasteiger partial charge in [-0.15, -0.1) is 0 Å². The lowest BCUT2D eigenvalue weighted by atomic mass is 10.0. The van der Waals surface area contributed by atoms with Crippen LogP contribution in [0, 0.1) is 17.2 Å². The molecule has 1 aromatic rings. The zero-order valence-corrected chi connectivity index (χ0v) is 10.3. The van der Waals surface area contributed by atoms with Gasteiger partial charge in [0.25, 0.3) is 0 Å². The van der Waals surface area contributed by atoms with Gasteiger partial charge in [-0.2, -0.15) is 5.26 Å². The van der Waals surface area contributed by atoms with E-state index in [2.05, 4.69) is 11.4 Å². The summed E-state index contributed by atoms with van der Waals surface area (Å²) in [6.45, 7) is 2.64. The highest BCUT2D eigenvalue weighted by molar-refractivity contribution is 6.31. The molecule has 1 N–H and O–H groups in total. The van der Waals surface area contributed by atoms with Crippen molar-refractivity contribution in [3.8, 4) is 6.07 Å². The molecule has 0 bridgehead atoms. The molecule has 0 atom stereocenters. The standard InChI is InChI=1S/C13H15ClN2O/c14-13-2-1-12(7-11(13)8-15)16-9-10-3-5-17-6-4-10/h1-2,7,10,16H,3-6,9H2. The number of halogens is 1. The van der Waals surface area contributed by atoms with Crippen LogP contribution in [0.15, 0.2) is 18.2 Å². The molecule has 2 rings (SSSR count). The van der Waals surface area contributed by atoms with E-state index in [1.807, 2.05) is 6.07 Å². The van der Waals surface area contributed by atoms with Crippen LogP contribution in [-0.2, 0) is 4.74 Å². The van der Waals surface area contributed by atoms with Gasteiger partial charge in [-0.05, 0) is 37.0 Å². The summed E-state index contributed by atoms with van der Waals surface area (Å²) in [7, 11) is 0. The van der Waals surface area contributed by atoms with Crippen molar-refractivity contribution in [2.45, 2.75) is 12.8 Å². The van der Waals surface area contributed by atoms with Crippen molar-refractivity contribution in [1.82, 2.24) is 0 Å². The molecule has 0 saturated carbocycles. The van der Waals surface area contributed by atoms with Crippen molar-refractivity contribution in [2.75, 3.05) is 25.1 Å². The number of hydrogen-bond acceptors (Lipinski definition) is 3. The molecule has 17 heavy (non-hydrogen) atoms. The molecule has 1 saturated heterocycles. The van der Waals surface area contributed by atoms with Crippen LogP contribution in [0.1, 0.15) is 18.4 Å². The van der Waals surface area contributed by atoms with Gasteiger partial charge in [-0.1, -0.05) is 11.6 Å². The van der Waals surface area contributed by atoms with Crippen molar-refractivity contribution >= 4 is 17.3 Å². The summed E-state index contributed by atoms with van der Waals surface area (Å²) in [4.78, 5) is 0. The second-order valence-electron chi connectivity index (χ2n) is 4.24. The highest BCUT2D eigenvalue weighted by Gasteiger charge is 2.13. The molecule has 1 heterocycles. The summed E-state index contributed by atoms with van der Waals surface area (Å²) < 4.78 is 5.32. The molecule has 0 radical (unpaired) electrons. The van der Waals surface area contributed by atoms with E-state index >= 15 is 0 Å². The molecule has 0 unspecified atom stereocenters. The predicted octanol–water partition coefficient (Wildman–Crippen LogP) is 3.05. The van der Waals surface area contributed by atoms with Crippen LogP contribution in [0.5, 0.6) is 0 Å². The maximum absolute atomic E-state index is 8.88. The summed E-state index contributed by atoms with van der Waals surface area (Å²) in [5.74, 6) is 0.657. The molecule has 0 amide bonds. The Hall–Kier alpha value is -1.24. The molecule has 1 aliphatic rings. The lowest BCUT2D eigenvalue weighted by Gasteiger charge is -2.22. The van der Waals surface area contributed by atoms with Gasteiger partial charge < -0.3 is 10.1 Å². The molecule has 4 heteroatoms. The Morgan fingerprint density at radius 3 is 2.88 bits per heavy atom. The molecule has 1 aliphatic heterocycles. The number of rotatable bonds is 3. The summed E-state index contributed by atoms with van der Waals surface area (Å²) in [5.41, 5.74) is 1.47. The molecule has 90 valence electrons. The van der Waals surface area contributed by atoms with Crippen molar-refractivity contribution in [2.24, 2.45) is 5.92 Å². The van der Waals surface area contributed by atoms with E-state index in [1.165, 1.54) is 0 Å². The lowest BCUT2D eigenvalue weighted by molar-refractivity contribution is 0.0699. The number of nitrogens with zero attached hydrogens (tertiary/aromatic N) is 1. The fourth-order valence-corrected chi connectivity index (χ4v) is 2.09. The minimum Gasteiger partial charge on any atom is -0.385 e. The SMILES string of the molecule is N#Cc1cc(NCC2CCOCC2)ccc1Cl. The average molecular weight is 251 g/mol. The van der Waals surface area contributed by atoms with E-state index in [-0.39, 0.29) is 0 Å². The average Bonchev–Trinajstić information content (AvgIpc) is 2.39. The quantitative estimate of drug-likeness (QED) is 0.897. The van der Waals surface area contributed by atoms with E-state index < -0.39 is 0 Å². The molecule has 0 aliphatic carbocycles. The van der Waals surface area contributed by atoms with Gasteiger partial charge >= 0.3 is 0 Å². The molecule has 3 nitrogen and oxygen atoms in total. The van der Waals surface area contributed by atoms with Crippen molar-refractivity contribution in [3.05, 3.63) is 28.8 Å². The van der Waals surface area contributed by atoms with E-state index in [1.54, 1.807) is 12.1 Å². The van der Waals surface area contributed by atoms with E-state index in [9.17, 15) is 0 Å². The summed E-state index contributed by atoms with van der Waals surface area (Å²) in [5, 5.41) is 12.7. The first kappa shape index (κ1) is 12.2. The third kappa shape index (κ3) is 3.36. The summed E-state index contributed by atoms with van der Waals surface area (Å²) in [6, 6.07) is 7.54. The van der Waals surface area contributed by atoms with E-state index in [4.69, 9.17) is 21.6 Å². The minimum atomic E-state index is 0.504. The Labute approximate surface area is 106 Å². The second kappa shape index (κ2) is 5.90. The van der Waals surface area contributed by atoms with Gasteiger partial charge in [-0.3, -0.25) is 0 Å². The van der Waals surface area contributed by atoms with Crippen molar-refractivity contribution in [1.29, 1.82) is 5.26 Å². The predicted molar refractivity (Wildman–Crippen MR) is 68.2 cm³/mol. The number of benzene rings is 1. The lowest BCUT2D eigenvalue weighted by Crippen LogP contribution is -2.22. The fraction of sp³-hybridized carbons (Fsp3) is 0.462. The number of anilines is 1. The first-order chi connectivity index (χ1) is 8.29. The van der Waals surface area contributed by atoms with Crippen LogP contribution in [-0.4, -0.2) is 19.8 Å². The van der Waals surface area contributed by atoms with Gasteiger partial charge in [0.05, 0.1) is 10.6 Å². The van der Waals surface area contributed by atoms with Gasteiger partial charge in [0.2, 0.25) is 0 Å². The second-order valence-corrected chi connectivity index (χ2v) is 4.65. The van der Waals surface area contributed by atoms with Gasteiger partial charge in [0.15, 0.2) is 0 Å². The number of nitrogens with one attached hydrogen (secondary N) is 1. The van der Waals surface area contributed by atoms with Crippen molar-refractivity contribution < 1.29 is 4.74 Å². The van der Waals surface area contributed by atoms with Crippen LogP contribution in [0.3, 0.4) is 0 Å². The Balaban J connectivity index is 1.92. The molecule has 0 spiro atoms. The van der Waals surface area contributed by atoms with Gasteiger partial charge in [-0.25, -0.2) is 0 Å². The topological polar surface area (TPSA) is 45.0 Å². The summed E-state index contributed by atoms with van der Waals surface area (Å²) in [6.07, 6.45) is 2.21. The minimum absolute atomic E-state index is 0.504. The van der Waals surface area contributed by atoms with Gasteiger partial charge in [0, 0.05) is 25.4 Å². The molecular weight excluding hydrogens is 236 g/mol. The highest BCUT2D eigenvalue weighted by Crippen LogP contribution is 2.21. The molecule has 0 aromatic heterocycles. The largest absolute Gasteiger partial charge is 0.385 e. The number of hydrogen-bond donors (Lipinski definition) is 1. The monoisotopic (exact) mass is 250 g/mol. The Morgan fingerprint density at radius 1 is 1.41 bits per heavy atom. The Kier molecular flexibility index (Phi) is 4.24. The maximum atomic E-state index is 8.88.